The lowest BCUT2D eigenvalue weighted by atomic mass is 10.2. The van der Waals surface area contributed by atoms with E-state index in [1.54, 1.807) is 7.11 Å². The number of hydrogen-bond donors (Lipinski definition) is 0. The molecule has 4 rings (SSSR count). The Kier molecular flexibility index (Phi) is 5.71. The summed E-state index contributed by atoms with van der Waals surface area (Å²) in [5, 5.41) is 8.89. The van der Waals surface area contributed by atoms with E-state index in [1.165, 1.54) is 0 Å². The number of nitrogens with zero attached hydrogens (tertiary/aromatic N) is 5. The number of hydrogen-bond acceptors (Lipinski definition) is 6. The third-order valence-corrected chi connectivity index (χ3v) is 5.82. The summed E-state index contributed by atoms with van der Waals surface area (Å²) in [7, 11) is 3.73. The minimum absolute atomic E-state index is 0.0142. The smallest absolute Gasteiger partial charge is 0.261 e. The number of likely N-dealkylation sites (tertiary alicyclic amines) is 1. The molecule has 0 bridgehead atoms. The molecule has 1 aromatic heterocycles. The maximum atomic E-state index is 13.0. The Balaban J connectivity index is 1.47. The van der Waals surface area contributed by atoms with Gasteiger partial charge in [0, 0.05) is 32.6 Å². The van der Waals surface area contributed by atoms with Gasteiger partial charge in [0.05, 0.1) is 13.2 Å². The van der Waals surface area contributed by atoms with Crippen molar-refractivity contribution in [3.05, 3.63) is 35.4 Å². The number of amides is 1. The van der Waals surface area contributed by atoms with E-state index in [0.717, 1.165) is 62.7 Å². The van der Waals surface area contributed by atoms with Crippen LogP contribution in [0.4, 0.5) is 0 Å². The molecule has 1 amide bonds. The van der Waals surface area contributed by atoms with E-state index in [1.807, 2.05) is 30.0 Å². The van der Waals surface area contributed by atoms with Gasteiger partial charge in [-0.25, -0.2) is 0 Å². The maximum Gasteiger partial charge on any atom is 0.261 e. The molecule has 2 aliphatic heterocycles. The Morgan fingerprint density at radius 2 is 2.03 bits per heavy atom. The van der Waals surface area contributed by atoms with Gasteiger partial charge in [-0.15, -0.1) is 10.2 Å². The van der Waals surface area contributed by atoms with Crippen LogP contribution in [0.1, 0.15) is 36.1 Å². The summed E-state index contributed by atoms with van der Waals surface area (Å²) in [6, 6.07) is 5.66. The molecule has 1 fully saturated rings. The SMILES string of the molecule is COc1cc(C)ccc1OCC(=O)N1CCC[C@H]1c1nnc2n1CCN(C)CC2. The van der Waals surface area contributed by atoms with Gasteiger partial charge in [-0.05, 0) is 44.5 Å². The second-order valence-electron chi connectivity index (χ2n) is 7.87. The van der Waals surface area contributed by atoms with Gasteiger partial charge in [-0.3, -0.25) is 4.79 Å². The topological polar surface area (TPSA) is 72.7 Å². The highest BCUT2D eigenvalue weighted by Gasteiger charge is 2.34. The molecule has 8 nitrogen and oxygen atoms in total. The van der Waals surface area contributed by atoms with E-state index in [9.17, 15) is 4.79 Å². The summed E-state index contributed by atoms with van der Waals surface area (Å²) in [6.07, 6.45) is 2.76. The first-order valence-corrected chi connectivity index (χ1v) is 10.2. The normalized spacial score (nSPS) is 19.7. The fraction of sp³-hybridized carbons (Fsp3) is 0.571. The zero-order valence-corrected chi connectivity index (χ0v) is 17.4. The van der Waals surface area contributed by atoms with Crippen molar-refractivity contribution in [3.63, 3.8) is 0 Å². The maximum absolute atomic E-state index is 13.0. The van der Waals surface area contributed by atoms with Crippen molar-refractivity contribution in [2.75, 3.05) is 40.4 Å². The molecule has 2 aliphatic rings. The van der Waals surface area contributed by atoms with Crippen molar-refractivity contribution in [1.29, 1.82) is 0 Å². The fourth-order valence-corrected chi connectivity index (χ4v) is 4.15. The number of methoxy groups -OCH3 is 1. The third-order valence-electron chi connectivity index (χ3n) is 5.82. The van der Waals surface area contributed by atoms with Crippen LogP contribution in [-0.2, 0) is 17.8 Å². The molecule has 8 heteroatoms. The van der Waals surface area contributed by atoms with Gasteiger partial charge in [0.1, 0.15) is 5.82 Å². The number of likely N-dealkylation sites (N-methyl/N-ethyl adjacent to an activating group) is 1. The van der Waals surface area contributed by atoms with Gasteiger partial charge in [0.2, 0.25) is 0 Å². The molecular weight excluding hydrogens is 370 g/mol. The predicted octanol–water partition coefficient (Wildman–Crippen LogP) is 1.83. The van der Waals surface area contributed by atoms with Crippen molar-refractivity contribution in [3.8, 4) is 11.5 Å². The van der Waals surface area contributed by atoms with Crippen molar-refractivity contribution in [1.82, 2.24) is 24.6 Å². The minimum atomic E-state index is -0.0318. The lowest BCUT2D eigenvalue weighted by molar-refractivity contribution is -0.134. The lowest BCUT2D eigenvalue weighted by Gasteiger charge is -2.25. The van der Waals surface area contributed by atoms with Crippen molar-refractivity contribution >= 4 is 5.91 Å². The summed E-state index contributed by atoms with van der Waals surface area (Å²) in [5.74, 6) is 3.13. The van der Waals surface area contributed by atoms with Gasteiger partial charge in [0.25, 0.3) is 5.91 Å². The quantitative estimate of drug-likeness (QED) is 0.764. The molecule has 0 saturated carbocycles. The van der Waals surface area contributed by atoms with Crippen LogP contribution in [0.2, 0.25) is 0 Å². The average molecular weight is 399 g/mol. The first kappa shape index (κ1) is 19.7. The first-order chi connectivity index (χ1) is 14.1. The van der Waals surface area contributed by atoms with E-state index in [4.69, 9.17) is 9.47 Å². The summed E-state index contributed by atoms with van der Waals surface area (Å²) in [5.41, 5.74) is 1.08. The molecule has 0 unspecified atom stereocenters. The second kappa shape index (κ2) is 8.41. The van der Waals surface area contributed by atoms with Crippen LogP contribution in [-0.4, -0.2) is 70.9 Å². The lowest BCUT2D eigenvalue weighted by Crippen LogP contribution is -2.36. The first-order valence-electron chi connectivity index (χ1n) is 10.2. The minimum Gasteiger partial charge on any atom is -0.493 e. The zero-order chi connectivity index (χ0) is 20.4. The largest absolute Gasteiger partial charge is 0.493 e. The molecule has 0 spiro atoms. The zero-order valence-electron chi connectivity index (χ0n) is 17.4. The van der Waals surface area contributed by atoms with Crippen molar-refractivity contribution < 1.29 is 14.3 Å². The highest BCUT2D eigenvalue weighted by atomic mass is 16.5. The van der Waals surface area contributed by atoms with Gasteiger partial charge >= 0.3 is 0 Å². The van der Waals surface area contributed by atoms with Crippen LogP contribution in [0, 0.1) is 6.92 Å². The van der Waals surface area contributed by atoms with E-state index >= 15 is 0 Å². The molecular formula is C21H29N5O3. The van der Waals surface area contributed by atoms with Gasteiger partial charge < -0.3 is 23.8 Å². The number of aryl methyl sites for hydroxylation is 1. The predicted molar refractivity (Wildman–Crippen MR) is 108 cm³/mol. The van der Waals surface area contributed by atoms with Crippen molar-refractivity contribution in [2.24, 2.45) is 0 Å². The summed E-state index contributed by atoms with van der Waals surface area (Å²) < 4.78 is 13.4. The van der Waals surface area contributed by atoms with Gasteiger partial charge in [0.15, 0.2) is 23.9 Å². The van der Waals surface area contributed by atoms with E-state index in [2.05, 4.69) is 26.7 Å². The molecule has 3 heterocycles. The number of carbonyl (C=O) groups excluding carboxylic acids is 1. The molecule has 1 saturated heterocycles. The van der Waals surface area contributed by atoms with Crippen LogP contribution >= 0.6 is 0 Å². The van der Waals surface area contributed by atoms with Crippen LogP contribution < -0.4 is 9.47 Å². The Hall–Kier alpha value is -2.61. The van der Waals surface area contributed by atoms with Gasteiger partial charge in [-0.1, -0.05) is 6.07 Å². The molecule has 2 aromatic rings. The number of benzene rings is 1. The standard InChI is InChI=1S/C21H29N5O3/c1-15-6-7-17(18(13-15)28-3)29-14-20(27)25-9-4-5-16(25)21-23-22-19-8-10-24(2)11-12-26(19)21/h6-7,13,16H,4-5,8-12,14H2,1-3H3/t16-/m0/s1. The Morgan fingerprint density at radius 1 is 1.17 bits per heavy atom. The number of ether oxygens (including phenoxy) is 2. The van der Waals surface area contributed by atoms with Crippen LogP contribution in [0.3, 0.4) is 0 Å². The number of carbonyl (C=O) groups is 1. The van der Waals surface area contributed by atoms with E-state index < -0.39 is 0 Å². The molecule has 1 atom stereocenters. The van der Waals surface area contributed by atoms with Crippen molar-refractivity contribution in [2.45, 2.75) is 38.8 Å². The highest BCUT2D eigenvalue weighted by molar-refractivity contribution is 5.78. The summed E-state index contributed by atoms with van der Waals surface area (Å²) in [6.45, 7) is 5.52. The molecule has 0 radical (unpaired) electrons. The van der Waals surface area contributed by atoms with Crippen LogP contribution in [0.15, 0.2) is 18.2 Å². The van der Waals surface area contributed by atoms with E-state index in [0.29, 0.717) is 11.5 Å². The highest BCUT2D eigenvalue weighted by Crippen LogP contribution is 2.32. The monoisotopic (exact) mass is 399 g/mol. The Morgan fingerprint density at radius 3 is 2.86 bits per heavy atom. The summed E-state index contributed by atoms with van der Waals surface area (Å²) in [4.78, 5) is 17.2. The number of aromatic nitrogens is 3. The molecule has 29 heavy (non-hydrogen) atoms. The van der Waals surface area contributed by atoms with Gasteiger partial charge in [-0.2, -0.15) is 0 Å². The number of rotatable bonds is 5. The molecule has 1 aromatic carbocycles. The fourth-order valence-electron chi connectivity index (χ4n) is 4.15. The molecule has 0 N–H and O–H groups in total. The second-order valence-corrected chi connectivity index (χ2v) is 7.87. The average Bonchev–Trinajstić information content (AvgIpc) is 3.31. The van der Waals surface area contributed by atoms with Crippen LogP contribution in [0.5, 0.6) is 11.5 Å². The summed E-state index contributed by atoms with van der Waals surface area (Å²) >= 11 is 0. The van der Waals surface area contributed by atoms with Crippen LogP contribution in [0.25, 0.3) is 0 Å². The molecule has 156 valence electrons. The number of fused-ring (bicyclic) bond motifs is 1. The third kappa shape index (κ3) is 4.07. The Bertz CT molecular complexity index is 881. The Labute approximate surface area is 171 Å². The van der Waals surface area contributed by atoms with E-state index in [-0.39, 0.29) is 18.6 Å². The molecule has 0 aliphatic carbocycles.